The molecule has 1 aromatic carbocycles. The zero-order valence-corrected chi connectivity index (χ0v) is 12.3. The van der Waals surface area contributed by atoms with Gasteiger partial charge in [0.05, 0.1) is 13.2 Å². The third kappa shape index (κ3) is 4.02. The minimum Gasteiger partial charge on any atom is -0.480 e. The second-order valence-corrected chi connectivity index (χ2v) is 5.17. The highest BCUT2D eigenvalue weighted by Crippen LogP contribution is 2.23. The minimum absolute atomic E-state index is 0.435. The van der Waals surface area contributed by atoms with Gasteiger partial charge in [0.1, 0.15) is 17.9 Å². The van der Waals surface area contributed by atoms with Gasteiger partial charge >= 0.3 is 5.97 Å². The zero-order chi connectivity index (χ0) is 16.1. The number of carboxylic acid groups (broad SMARTS) is 1. The first-order chi connectivity index (χ1) is 10.5. The molecule has 1 aliphatic rings. The van der Waals surface area contributed by atoms with Crippen molar-refractivity contribution in [2.75, 3.05) is 26.3 Å². The van der Waals surface area contributed by atoms with E-state index in [0.717, 1.165) is 0 Å². The van der Waals surface area contributed by atoms with Crippen molar-refractivity contribution in [1.29, 1.82) is 0 Å². The van der Waals surface area contributed by atoms with E-state index < -0.39 is 29.8 Å². The molecule has 1 amide bonds. The molecule has 22 heavy (non-hydrogen) atoms. The van der Waals surface area contributed by atoms with Gasteiger partial charge in [-0.25, -0.2) is 4.39 Å². The van der Waals surface area contributed by atoms with Crippen molar-refractivity contribution in [2.45, 2.75) is 19.0 Å². The van der Waals surface area contributed by atoms with Gasteiger partial charge < -0.3 is 15.2 Å². The number of aliphatic carboxylic acids is 1. The van der Waals surface area contributed by atoms with Crippen LogP contribution in [0.4, 0.5) is 4.39 Å². The summed E-state index contributed by atoms with van der Waals surface area (Å²) in [7, 11) is 0. The summed E-state index contributed by atoms with van der Waals surface area (Å²) < 4.78 is 18.7. The number of amides is 1. The lowest BCUT2D eigenvalue weighted by Crippen LogP contribution is -2.49. The SMILES string of the molecule is C[C@H](NC(=O)C(c1cccc(F)c1)N1CCOCC1)C(=O)O. The third-order valence-electron chi connectivity index (χ3n) is 3.55. The van der Waals surface area contributed by atoms with Crippen LogP contribution in [0.3, 0.4) is 0 Å². The van der Waals surface area contributed by atoms with Crippen LogP contribution < -0.4 is 5.32 Å². The predicted octanol–water partition coefficient (Wildman–Crippen LogP) is 0.788. The molecule has 0 spiro atoms. The lowest BCUT2D eigenvalue weighted by atomic mass is 10.0. The van der Waals surface area contributed by atoms with Gasteiger partial charge in [-0.3, -0.25) is 14.5 Å². The summed E-state index contributed by atoms with van der Waals surface area (Å²) in [6, 6.07) is 4.05. The van der Waals surface area contributed by atoms with Gasteiger partial charge in [-0.1, -0.05) is 12.1 Å². The van der Waals surface area contributed by atoms with Crippen LogP contribution in [0.2, 0.25) is 0 Å². The molecule has 0 radical (unpaired) electrons. The van der Waals surface area contributed by atoms with Gasteiger partial charge in [-0.05, 0) is 24.6 Å². The molecule has 7 heteroatoms. The summed E-state index contributed by atoms with van der Waals surface area (Å²) in [6.07, 6.45) is 0. The normalized spacial score (nSPS) is 18.5. The van der Waals surface area contributed by atoms with Crippen LogP contribution in [0.25, 0.3) is 0 Å². The molecule has 0 bridgehead atoms. The van der Waals surface area contributed by atoms with Gasteiger partial charge in [0.15, 0.2) is 0 Å². The molecular weight excluding hydrogens is 291 g/mol. The topological polar surface area (TPSA) is 78.9 Å². The molecule has 0 aliphatic carbocycles. The minimum atomic E-state index is -1.12. The Morgan fingerprint density at radius 1 is 1.36 bits per heavy atom. The molecule has 1 fully saturated rings. The average Bonchev–Trinajstić information content (AvgIpc) is 2.48. The van der Waals surface area contributed by atoms with Crippen molar-refractivity contribution in [1.82, 2.24) is 10.2 Å². The van der Waals surface area contributed by atoms with Crippen molar-refractivity contribution in [3.63, 3.8) is 0 Å². The highest BCUT2D eigenvalue weighted by atomic mass is 19.1. The molecule has 1 heterocycles. The number of rotatable bonds is 5. The van der Waals surface area contributed by atoms with Crippen LogP contribution in [-0.2, 0) is 14.3 Å². The van der Waals surface area contributed by atoms with E-state index in [2.05, 4.69) is 5.32 Å². The number of hydrogen-bond donors (Lipinski definition) is 2. The summed E-state index contributed by atoms with van der Waals surface area (Å²) in [4.78, 5) is 25.3. The second-order valence-electron chi connectivity index (χ2n) is 5.17. The fourth-order valence-electron chi connectivity index (χ4n) is 2.39. The molecule has 1 unspecified atom stereocenters. The Balaban J connectivity index is 2.24. The second kappa shape index (κ2) is 7.33. The standard InChI is InChI=1S/C15H19FN2O4/c1-10(15(20)21)17-14(19)13(18-5-7-22-8-6-18)11-3-2-4-12(16)9-11/h2-4,9-10,13H,5-8H2,1H3,(H,17,19)(H,20,21)/t10-,13?/m0/s1. The Morgan fingerprint density at radius 2 is 2.05 bits per heavy atom. The number of hydrogen-bond acceptors (Lipinski definition) is 4. The third-order valence-corrected chi connectivity index (χ3v) is 3.55. The lowest BCUT2D eigenvalue weighted by Gasteiger charge is -2.34. The van der Waals surface area contributed by atoms with Crippen molar-refractivity contribution < 1.29 is 23.8 Å². The number of nitrogens with zero attached hydrogens (tertiary/aromatic N) is 1. The van der Waals surface area contributed by atoms with E-state index >= 15 is 0 Å². The van der Waals surface area contributed by atoms with Crippen LogP contribution in [-0.4, -0.2) is 54.2 Å². The molecule has 0 saturated carbocycles. The van der Waals surface area contributed by atoms with E-state index in [4.69, 9.17) is 9.84 Å². The van der Waals surface area contributed by atoms with E-state index in [-0.39, 0.29) is 0 Å². The number of halogens is 1. The number of carbonyl (C=O) groups excluding carboxylic acids is 1. The molecule has 120 valence electrons. The Kier molecular flexibility index (Phi) is 5.46. The maximum atomic E-state index is 13.5. The first-order valence-electron chi connectivity index (χ1n) is 7.09. The Morgan fingerprint density at radius 3 is 2.64 bits per heavy atom. The van der Waals surface area contributed by atoms with Crippen molar-refractivity contribution in [2.24, 2.45) is 0 Å². The van der Waals surface area contributed by atoms with E-state index in [1.54, 1.807) is 6.07 Å². The van der Waals surface area contributed by atoms with Crippen LogP contribution in [0.15, 0.2) is 24.3 Å². The van der Waals surface area contributed by atoms with Gasteiger partial charge in [0.25, 0.3) is 0 Å². The average molecular weight is 310 g/mol. The number of nitrogens with one attached hydrogen (secondary N) is 1. The molecule has 1 saturated heterocycles. The number of carboxylic acids is 1. The number of benzene rings is 1. The maximum Gasteiger partial charge on any atom is 0.325 e. The monoisotopic (exact) mass is 310 g/mol. The quantitative estimate of drug-likeness (QED) is 0.840. The fraction of sp³-hybridized carbons (Fsp3) is 0.467. The molecule has 6 nitrogen and oxygen atoms in total. The molecule has 2 rings (SSSR count). The molecule has 2 N–H and O–H groups in total. The summed E-state index contributed by atoms with van der Waals surface area (Å²) in [5.74, 6) is -2.01. The van der Waals surface area contributed by atoms with Crippen LogP contribution in [0.1, 0.15) is 18.5 Å². The first kappa shape index (κ1) is 16.4. The molecular formula is C15H19FN2O4. The summed E-state index contributed by atoms with van der Waals surface area (Å²) in [5.41, 5.74) is 0.497. The van der Waals surface area contributed by atoms with E-state index in [9.17, 15) is 14.0 Å². The Hall–Kier alpha value is -1.99. The first-order valence-corrected chi connectivity index (χ1v) is 7.09. The van der Waals surface area contributed by atoms with Gasteiger partial charge in [-0.2, -0.15) is 0 Å². The van der Waals surface area contributed by atoms with Crippen LogP contribution >= 0.6 is 0 Å². The predicted molar refractivity (Wildman–Crippen MR) is 76.8 cm³/mol. The summed E-state index contributed by atoms with van der Waals surface area (Å²) >= 11 is 0. The van der Waals surface area contributed by atoms with Crippen molar-refractivity contribution in [3.05, 3.63) is 35.6 Å². The molecule has 2 atom stereocenters. The molecule has 0 aromatic heterocycles. The van der Waals surface area contributed by atoms with Gasteiger partial charge in [0, 0.05) is 13.1 Å². The molecule has 1 aliphatic heterocycles. The van der Waals surface area contributed by atoms with E-state index in [1.807, 2.05) is 4.90 Å². The maximum absolute atomic E-state index is 13.5. The Bertz CT molecular complexity index is 546. The van der Waals surface area contributed by atoms with Gasteiger partial charge in [-0.15, -0.1) is 0 Å². The van der Waals surface area contributed by atoms with Crippen molar-refractivity contribution in [3.8, 4) is 0 Å². The summed E-state index contributed by atoms with van der Waals surface area (Å²) in [6.45, 7) is 3.40. The highest BCUT2D eigenvalue weighted by molar-refractivity contribution is 5.87. The smallest absolute Gasteiger partial charge is 0.325 e. The van der Waals surface area contributed by atoms with Crippen LogP contribution in [0.5, 0.6) is 0 Å². The van der Waals surface area contributed by atoms with E-state index in [0.29, 0.717) is 31.9 Å². The lowest BCUT2D eigenvalue weighted by molar-refractivity contribution is -0.142. The fourth-order valence-corrected chi connectivity index (χ4v) is 2.39. The number of morpholine rings is 1. The highest BCUT2D eigenvalue weighted by Gasteiger charge is 2.30. The van der Waals surface area contributed by atoms with Crippen molar-refractivity contribution >= 4 is 11.9 Å². The molecule has 1 aromatic rings. The zero-order valence-electron chi connectivity index (χ0n) is 12.3. The Labute approximate surface area is 127 Å². The number of ether oxygens (including phenoxy) is 1. The van der Waals surface area contributed by atoms with Gasteiger partial charge in [0.2, 0.25) is 5.91 Å². The summed E-state index contributed by atoms with van der Waals surface area (Å²) in [5, 5.41) is 11.4. The number of carbonyl (C=O) groups is 2. The van der Waals surface area contributed by atoms with E-state index in [1.165, 1.54) is 25.1 Å². The largest absolute Gasteiger partial charge is 0.480 e. The van der Waals surface area contributed by atoms with Crippen LogP contribution in [0, 0.1) is 5.82 Å².